The van der Waals surface area contributed by atoms with Crippen LogP contribution in [0.4, 0.5) is 0 Å². The number of nitrogens with zero attached hydrogens (tertiary/aromatic N) is 1. The summed E-state index contributed by atoms with van der Waals surface area (Å²) in [5.74, 6) is 0.774. The first-order valence-electron chi connectivity index (χ1n) is 8.18. The molecule has 112 valence electrons. The van der Waals surface area contributed by atoms with E-state index in [1.165, 1.54) is 36.9 Å². The molecule has 0 bridgehead atoms. The summed E-state index contributed by atoms with van der Waals surface area (Å²) in [6.45, 7) is 9.18. The average molecular weight is 274 g/mol. The smallest absolute Gasteiger partial charge is 0.0484 e. The van der Waals surface area contributed by atoms with Gasteiger partial charge in [0, 0.05) is 18.6 Å². The van der Waals surface area contributed by atoms with Gasteiger partial charge in [0.2, 0.25) is 0 Å². The minimum absolute atomic E-state index is 0.500. The number of likely N-dealkylation sites (N-methyl/N-ethyl adjacent to an activating group) is 1. The summed E-state index contributed by atoms with van der Waals surface area (Å²) in [6.07, 6.45) is 3.64. The topological polar surface area (TPSA) is 15.3 Å². The van der Waals surface area contributed by atoms with Crippen LogP contribution in [0.15, 0.2) is 24.3 Å². The number of fused-ring (bicyclic) bond motifs is 1. The van der Waals surface area contributed by atoms with E-state index in [0.29, 0.717) is 12.1 Å². The molecule has 1 aromatic rings. The summed E-state index contributed by atoms with van der Waals surface area (Å²) in [5.41, 5.74) is 3.05. The first-order chi connectivity index (χ1) is 9.67. The lowest BCUT2D eigenvalue weighted by Gasteiger charge is -2.32. The van der Waals surface area contributed by atoms with Crippen molar-refractivity contribution in [2.75, 3.05) is 20.1 Å². The largest absolute Gasteiger partial charge is 0.309 e. The highest BCUT2D eigenvalue weighted by atomic mass is 15.2. The molecule has 2 nitrogen and oxygen atoms in total. The first kappa shape index (κ1) is 15.5. The van der Waals surface area contributed by atoms with Crippen LogP contribution >= 0.6 is 0 Å². The second kappa shape index (κ2) is 7.24. The molecule has 0 spiro atoms. The highest BCUT2D eigenvalue weighted by molar-refractivity contribution is 5.37. The van der Waals surface area contributed by atoms with Gasteiger partial charge < -0.3 is 10.2 Å². The Bertz CT molecular complexity index is 416. The Morgan fingerprint density at radius 3 is 2.75 bits per heavy atom. The Morgan fingerprint density at radius 1 is 1.30 bits per heavy atom. The summed E-state index contributed by atoms with van der Waals surface area (Å²) >= 11 is 0. The van der Waals surface area contributed by atoms with E-state index in [9.17, 15) is 0 Å². The van der Waals surface area contributed by atoms with Gasteiger partial charge in [-0.25, -0.2) is 0 Å². The molecular formula is C18H30N2. The van der Waals surface area contributed by atoms with Crippen LogP contribution in [-0.4, -0.2) is 31.1 Å². The van der Waals surface area contributed by atoms with Gasteiger partial charge in [-0.15, -0.1) is 0 Å². The molecule has 1 aliphatic carbocycles. The second-order valence-corrected chi connectivity index (χ2v) is 6.36. The Labute approximate surface area is 124 Å². The van der Waals surface area contributed by atoms with E-state index in [1.54, 1.807) is 0 Å². The molecule has 0 amide bonds. The minimum Gasteiger partial charge on any atom is -0.309 e. The monoisotopic (exact) mass is 274 g/mol. The summed E-state index contributed by atoms with van der Waals surface area (Å²) in [7, 11) is 2.29. The van der Waals surface area contributed by atoms with Crippen LogP contribution in [0.2, 0.25) is 0 Å². The normalized spacial score (nSPS) is 23.1. The third-order valence-electron chi connectivity index (χ3n) is 4.68. The molecule has 0 saturated carbocycles. The van der Waals surface area contributed by atoms with E-state index in [1.807, 2.05) is 0 Å². The van der Waals surface area contributed by atoms with Crippen molar-refractivity contribution in [3.8, 4) is 0 Å². The van der Waals surface area contributed by atoms with Gasteiger partial charge in [0.25, 0.3) is 0 Å². The van der Waals surface area contributed by atoms with Crippen LogP contribution in [0.5, 0.6) is 0 Å². The maximum atomic E-state index is 3.77. The Morgan fingerprint density at radius 2 is 2.05 bits per heavy atom. The van der Waals surface area contributed by atoms with Gasteiger partial charge in [0.05, 0.1) is 0 Å². The van der Waals surface area contributed by atoms with E-state index >= 15 is 0 Å². The molecule has 3 atom stereocenters. The third kappa shape index (κ3) is 3.42. The SMILES string of the molecule is CCCNC1c2ccccc2CC1N(C)CC(C)CC. The number of nitrogens with one attached hydrogen (secondary N) is 1. The van der Waals surface area contributed by atoms with Crippen molar-refractivity contribution in [3.05, 3.63) is 35.4 Å². The van der Waals surface area contributed by atoms with E-state index in [0.717, 1.165) is 12.5 Å². The summed E-state index contributed by atoms with van der Waals surface area (Å²) in [5, 5.41) is 3.77. The summed E-state index contributed by atoms with van der Waals surface area (Å²) in [6, 6.07) is 10.1. The van der Waals surface area contributed by atoms with E-state index in [-0.39, 0.29) is 0 Å². The van der Waals surface area contributed by atoms with Gasteiger partial charge in [-0.05, 0) is 43.5 Å². The lowest BCUT2D eigenvalue weighted by molar-refractivity contribution is 0.179. The predicted octanol–water partition coefficient (Wildman–Crippen LogP) is 3.63. The van der Waals surface area contributed by atoms with Crippen molar-refractivity contribution in [2.45, 2.75) is 52.1 Å². The van der Waals surface area contributed by atoms with Crippen molar-refractivity contribution in [1.82, 2.24) is 10.2 Å². The van der Waals surface area contributed by atoms with Gasteiger partial charge >= 0.3 is 0 Å². The molecule has 0 heterocycles. The predicted molar refractivity (Wildman–Crippen MR) is 87.1 cm³/mol. The van der Waals surface area contributed by atoms with Crippen LogP contribution in [0.3, 0.4) is 0 Å². The zero-order chi connectivity index (χ0) is 14.5. The van der Waals surface area contributed by atoms with Gasteiger partial charge in [-0.1, -0.05) is 51.5 Å². The van der Waals surface area contributed by atoms with Gasteiger partial charge in [0.15, 0.2) is 0 Å². The fourth-order valence-corrected chi connectivity index (χ4v) is 3.29. The van der Waals surface area contributed by atoms with Crippen LogP contribution in [0, 0.1) is 5.92 Å². The first-order valence-corrected chi connectivity index (χ1v) is 8.18. The van der Waals surface area contributed by atoms with Gasteiger partial charge in [-0.3, -0.25) is 0 Å². The maximum absolute atomic E-state index is 3.77. The van der Waals surface area contributed by atoms with Crippen molar-refractivity contribution in [1.29, 1.82) is 0 Å². The van der Waals surface area contributed by atoms with Crippen molar-refractivity contribution in [2.24, 2.45) is 5.92 Å². The molecule has 3 unspecified atom stereocenters. The summed E-state index contributed by atoms with van der Waals surface area (Å²) in [4.78, 5) is 2.57. The van der Waals surface area contributed by atoms with Crippen molar-refractivity contribution < 1.29 is 0 Å². The second-order valence-electron chi connectivity index (χ2n) is 6.36. The molecule has 0 radical (unpaired) electrons. The zero-order valence-electron chi connectivity index (χ0n) is 13.5. The highest BCUT2D eigenvalue weighted by Crippen LogP contribution is 2.34. The lowest BCUT2D eigenvalue weighted by atomic mass is 10.0. The minimum atomic E-state index is 0.500. The van der Waals surface area contributed by atoms with Gasteiger partial charge in [0.1, 0.15) is 0 Å². The van der Waals surface area contributed by atoms with Crippen molar-refractivity contribution in [3.63, 3.8) is 0 Å². The van der Waals surface area contributed by atoms with Crippen LogP contribution in [0.1, 0.15) is 50.8 Å². The standard InChI is InChI=1S/C18H30N2/c1-5-11-19-18-16-10-8-7-9-15(16)12-17(18)20(4)13-14(3)6-2/h7-10,14,17-19H,5-6,11-13H2,1-4H3. The van der Waals surface area contributed by atoms with Gasteiger partial charge in [-0.2, -0.15) is 0 Å². The molecule has 1 aliphatic rings. The molecule has 0 fully saturated rings. The Kier molecular flexibility index (Phi) is 5.62. The molecule has 1 N–H and O–H groups in total. The maximum Gasteiger partial charge on any atom is 0.0484 e. The molecule has 0 aromatic heterocycles. The fourth-order valence-electron chi connectivity index (χ4n) is 3.29. The Balaban J connectivity index is 2.12. The molecule has 0 saturated heterocycles. The molecule has 2 rings (SSSR count). The average Bonchev–Trinajstić information content (AvgIpc) is 2.83. The molecule has 2 heteroatoms. The van der Waals surface area contributed by atoms with E-state index < -0.39 is 0 Å². The quantitative estimate of drug-likeness (QED) is 0.817. The summed E-state index contributed by atoms with van der Waals surface area (Å²) < 4.78 is 0. The number of hydrogen-bond acceptors (Lipinski definition) is 2. The zero-order valence-corrected chi connectivity index (χ0v) is 13.5. The van der Waals surface area contributed by atoms with E-state index in [4.69, 9.17) is 0 Å². The van der Waals surface area contributed by atoms with Crippen molar-refractivity contribution >= 4 is 0 Å². The molecule has 1 aromatic carbocycles. The third-order valence-corrected chi connectivity index (χ3v) is 4.68. The Hall–Kier alpha value is -0.860. The lowest BCUT2D eigenvalue weighted by Crippen LogP contribution is -2.42. The van der Waals surface area contributed by atoms with Crippen LogP contribution in [0.25, 0.3) is 0 Å². The van der Waals surface area contributed by atoms with E-state index in [2.05, 4.69) is 62.3 Å². The highest BCUT2D eigenvalue weighted by Gasteiger charge is 2.34. The fraction of sp³-hybridized carbons (Fsp3) is 0.667. The molecule has 20 heavy (non-hydrogen) atoms. The molecular weight excluding hydrogens is 244 g/mol. The van der Waals surface area contributed by atoms with Crippen LogP contribution in [-0.2, 0) is 6.42 Å². The number of hydrogen-bond donors (Lipinski definition) is 1. The number of benzene rings is 1. The number of rotatable bonds is 7. The molecule has 0 aliphatic heterocycles. The van der Waals surface area contributed by atoms with Crippen LogP contribution < -0.4 is 5.32 Å².